The van der Waals surface area contributed by atoms with Crippen LogP contribution in [-0.4, -0.2) is 30.1 Å². The van der Waals surface area contributed by atoms with Crippen molar-refractivity contribution in [3.63, 3.8) is 0 Å². The number of nitrogens with zero attached hydrogens (tertiary/aromatic N) is 1. The number of nitrogens with one attached hydrogen (secondary N) is 1. The monoisotopic (exact) mass is 264 g/mol. The lowest BCUT2D eigenvalue weighted by atomic mass is 9.96. The minimum atomic E-state index is 0.618. The lowest BCUT2D eigenvalue weighted by Gasteiger charge is -2.39. The van der Waals surface area contributed by atoms with Crippen molar-refractivity contribution >= 4 is 11.3 Å². The Labute approximate surface area is 114 Å². The summed E-state index contributed by atoms with van der Waals surface area (Å²) in [6.45, 7) is 2.32. The molecule has 3 heterocycles. The van der Waals surface area contributed by atoms with E-state index in [2.05, 4.69) is 41.7 Å². The van der Waals surface area contributed by atoms with Gasteiger partial charge in [-0.25, -0.2) is 0 Å². The first-order chi connectivity index (χ1) is 8.78. The van der Waals surface area contributed by atoms with Gasteiger partial charge in [-0.15, -0.1) is 11.3 Å². The number of hydrogen-bond acceptors (Lipinski definition) is 3. The van der Waals surface area contributed by atoms with Gasteiger partial charge in [0.15, 0.2) is 0 Å². The van der Waals surface area contributed by atoms with E-state index in [0.29, 0.717) is 6.04 Å². The van der Waals surface area contributed by atoms with Crippen molar-refractivity contribution in [2.24, 2.45) is 0 Å². The maximum atomic E-state index is 3.74. The van der Waals surface area contributed by atoms with Crippen LogP contribution in [0.15, 0.2) is 17.5 Å². The second kappa shape index (κ2) is 5.32. The molecule has 1 aromatic heterocycles. The van der Waals surface area contributed by atoms with Gasteiger partial charge in [0.25, 0.3) is 0 Å². The topological polar surface area (TPSA) is 15.3 Å². The fourth-order valence-electron chi connectivity index (χ4n) is 3.78. The summed E-state index contributed by atoms with van der Waals surface area (Å²) < 4.78 is 0. The van der Waals surface area contributed by atoms with E-state index in [4.69, 9.17) is 0 Å². The third kappa shape index (κ3) is 2.36. The SMILES string of the molecule is CCC(c1cccs1)N(C)C1CC2CCC(C1)N2. The maximum Gasteiger partial charge on any atom is 0.0438 e. The molecule has 2 nitrogen and oxygen atoms in total. The van der Waals surface area contributed by atoms with E-state index in [1.807, 2.05) is 11.3 Å². The van der Waals surface area contributed by atoms with Gasteiger partial charge >= 0.3 is 0 Å². The number of rotatable bonds is 4. The number of piperidine rings is 1. The molecule has 0 radical (unpaired) electrons. The van der Waals surface area contributed by atoms with Crippen molar-refractivity contribution < 1.29 is 0 Å². The van der Waals surface area contributed by atoms with Crippen LogP contribution in [0.25, 0.3) is 0 Å². The van der Waals surface area contributed by atoms with Crippen molar-refractivity contribution in [2.75, 3.05) is 7.05 Å². The average molecular weight is 264 g/mol. The highest BCUT2D eigenvalue weighted by molar-refractivity contribution is 7.10. The number of thiophene rings is 1. The molecule has 100 valence electrons. The minimum Gasteiger partial charge on any atom is -0.311 e. The highest BCUT2D eigenvalue weighted by Crippen LogP contribution is 2.35. The zero-order chi connectivity index (χ0) is 12.5. The van der Waals surface area contributed by atoms with Gasteiger partial charge in [-0.3, -0.25) is 4.90 Å². The predicted octanol–water partition coefficient (Wildman–Crippen LogP) is 3.41. The van der Waals surface area contributed by atoms with E-state index in [0.717, 1.165) is 18.1 Å². The van der Waals surface area contributed by atoms with Crippen molar-refractivity contribution in [1.29, 1.82) is 0 Å². The second-order valence-electron chi connectivity index (χ2n) is 5.87. The average Bonchev–Trinajstić information content (AvgIpc) is 3.00. The molecule has 2 fully saturated rings. The fourth-order valence-corrected chi connectivity index (χ4v) is 4.75. The first kappa shape index (κ1) is 12.6. The van der Waals surface area contributed by atoms with E-state index in [9.17, 15) is 0 Å². The van der Waals surface area contributed by atoms with Crippen LogP contribution in [0.3, 0.4) is 0 Å². The summed E-state index contributed by atoms with van der Waals surface area (Å²) in [7, 11) is 2.34. The smallest absolute Gasteiger partial charge is 0.0438 e. The van der Waals surface area contributed by atoms with Crippen molar-refractivity contribution in [3.05, 3.63) is 22.4 Å². The lowest BCUT2D eigenvalue weighted by Crippen LogP contribution is -2.47. The molecular formula is C15H24N2S. The fraction of sp³-hybridized carbons (Fsp3) is 0.733. The quantitative estimate of drug-likeness (QED) is 0.896. The standard InChI is InChI=1S/C15H24N2S/c1-3-14(15-5-4-8-18-15)17(2)13-9-11-6-7-12(10-13)16-11/h4-5,8,11-14,16H,3,6-7,9-10H2,1-2H3. The van der Waals surface area contributed by atoms with Gasteiger partial charge in [-0.05, 0) is 50.6 Å². The molecule has 1 N–H and O–H groups in total. The Balaban J connectivity index is 1.71. The molecule has 0 saturated carbocycles. The largest absolute Gasteiger partial charge is 0.311 e. The summed E-state index contributed by atoms with van der Waals surface area (Å²) in [6.07, 6.45) is 6.69. The van der Waals surface area contributed by atoms with Crippen LogP contribution in [-0.2, 0) is 0 Å². The molecular weight excluding hydrogens is 240 g/mol. The van der Waals surface area contributed by atoms with Crippen LogP contribution in [0, 0.1) is 0 Å². The first-order valence-corrected chi connectivity index (χ1v) is 8.17. The molecule has 0 aliphatic carbocycles. The summed E-state index contributed by atoms with van der Waals surface area (Å²) in [4.78, 5) is 4.18. The molecule has 3 heteroatoms. The summed E-state index contributed by atoms with van der Waals surface area (Å²) in [5, 5.41) is 5.95. The molecule has 2 bridgehead atoms. The van der Waals surface area contributed by atoms with Crippen molar-refractivity contribution in [1.82, 2.24) is 10.2 Å². The Kier molecular flexibility index (Phi) is 3.73. The van der Waals surface area contributed by atoms with Crippen LogP contribution >= 0.6 is 11.3 Å². The third-order valence-corrected chi connectivity index (χ3v) is 5.75. The van der Waals surface area contributed by atoms with Gasteiger partial charge < -0.3 is 5.32 Å². The summed E-state index contributed by atoms with van der Waals surface area (Å²) in [6, 6.07) is 7.45. The molecule has 3 rings (SSSR count). The Morgan fingerprint density at radius 2 is 2.11 bits per heavy atom. The summed E-state index contributed by atoms with van der Waals surface area (Å²) >= 11 is 1.91. The van der Waals surface area contributed by atoms with E-state index in [-0.39, 0.29) is 0 Å². The molecule has 1 aromatic rings. The normalized spacial score (nSPS) is 32.9. The van der Waals surface area contributed by atoms with E-state index in [1.165, 1.54) is 37.0 Å². The molecule has 0 amide bonds. The van der Waals surface area contributed by atoms with E-state index >= 15 is 0 Å². The maximum absolute atomic E-state index is 3.74. The molecule has 0 spiro atoms. The van der Waals surface area contributed by atoms with Gasteiger partial charge in [0.05, 0.1) is 0 Å². The Morgan fingerprint density at radius 3 is 2.67 bits per heavy atom. The van der Waals surface area contributed by atoms with Crippen molar-refractivity contribution in [2.45, 2.75) is 63.2 Å². The van der Waals surface area contributed by atoms with Gasteiger partial charge in [0.1, 0.15) is 0 Å². The number of fused-ring (bicyclic) bond motifs is 2. The molecule has 18 heavy (non-hydrogen) atoms. The molecule has 0 aromatic carbocycles. The predicted molar refractivity (Wildman–Crippen MR) is 78.1 cm³/mol. The molecule has 2 saturated heterocycles. The summed E-state index contributed by atoms with van der Waals surface area (Å²) in [5.41, 5.74) is 0. The van der Waals surface area contributed by atoms with E-state index < -0.39 is 0 Å². The van der Waals surface area contributed by atoms with Crippen LogP contribution in [0.4, 0.5) is 0 Å². The van der Waals surface area contributed by atoms with Crippen molar-refractivity contribution in [3.8, 4) is 0 Å². The third-order valence-electron chi connectivity index (χ3n) is 4.77. The zero-order valence-electron chi connectivity index (χ0n) is 11.4. The highest BCUT2D eigenvalue weighted by Gasteiger charge is 2.36. The van der Waals surface area contributed by atoms with Crippen LogP contribution < -0.4 is 5.32 Å². The van der Waals surface area contributed by atoms with E-state index in [1.54, 1.807) is 0 Å². The number of hydrogen-bond donors (Lipinski definition) is 1. The Bertz CT molecular complexity index is 364. The van der Waals surface area contributed by atoms with Crippen LogP contribution in [0.1, 0.15) is 49.9 Å². The molecule has 2 aliphatic rings. The highest BCUT2D eigenvalue weighted by atomic mass is 32.1. The van der Waals surface area contributed by atoms with Gasteiger partial charge in [-0.2, -0.15) is 0 Å². The molecule has 3 atom stereocenters. The minimum absolute atomic E-state index is 0.618. The Morgan fingerprint density at radius 1 is 1.39 bits per heavy atom. The van der Waals surface area contributed by atoms with Crippen LogP contribution in [0.5, 0.6) is 0 Å². The lowest BCUT2D eigenvalue weighted by molar-refractivity contribution is 0.123. The zero-order valence-corrected chi connectivity index (χ0v) is 12.2. The first-order valence-electron chi connectivity index (χ1n) is 7.29. The van der Waals surface area contributed by atoms with Gasteiger partial charge in [-0.1, -0.05) is 13.0 Å². The molecule has 2 aliphatic heterocycles. The van der Waals surface area contributed by atoms with Gasteiger partial charge in [0.2, 0.25) is 0 Å². The van der Waals surface area contributed by atoms with Gasteiger partial charge in [0, 0.05) is 29.0 Å². The van der Waals surface area contributed by atoms with Crippen LogP contribution in [0.2, 0.25) is 0 Å². The summed E-state index contributed by atoms with van der Waals surface area (Å²) in [5.74, 6) is 0. The molecule has 3 unspecified atom stereocenters. The second-order valence-corrected chi connectivity index (χ2v) is 6.85. The Hall–Kier alpha value is -0.380.